The van der Waals surface area contributed by atoms with Crippen LogP contribution in [0.1, 0.15) is 62.7 Å². The smallest absolute Gasteiger partial charge is 0.200 e. The molecule has 0 radical (unpaired) electrons. The minimum absolute atomic E-state index is 0.0363. The van der Waals surface area contributed by atoms with Crippen LogP contribution in [0.25, 0.3) is 0 Å². The predicted octanol–water partition coefficient (Wildman–Crippen LogP) is 6.70. The lowest BCUT2D eigenvalue weighted by atomic mass is 9.83. The Balaban J connectivity index is 1.53. The van der Waals surface area contributed by atoms with Crippen molar-refractivity contribution in [2.45, 2.75) is 26.7 Å². The SMILES string of the molecule is CCCCNc1ccc(Nc2nc(N)c(C#N)c(C)c2/N=N/c2cccc3c2C(=O)c2c(O)cccc2C3=O)cc1. The lowest BCUT2D eigenvalue weighted by Crippen LogP contribution is -2.21. The van der Waals surface area contributed by atoms with Crippen LogP contribution in [0.4, 0.5) is 34.4 Å². The Morgan fingerprint density at radius 2 is 1.63 bits per heavy atom. The van der Waals surface area contributed by atoms with Gasteiger partial charge in [-0.1, -0.05) is 37.6 Å². The number of anilines is 4. The number of ketones is 2. The first-order valence-electron chi connectivity index (χ1n) is 13.1. The summed E-state index contributed by atoms with van der Waals surface area (Å²) >= 11 is 0. The standard InChI is InChI=1S/C31H27N7O3/c1-3-4-15-34-18-11-13-19(14-12-18)35-31-27(17(2)22(16-32)30(33)36-31)38-37-23-9-5-7-20-25(23)29(41)26-21(28(20)40)8-6-10-24(26)39/h5-14,34,39H,3-4,15H2,1-2H3,(H3,33,35,36)/b38-37+. The van der Waals surface area contributed by atoms with Crippen molar-refractivity contribution in [3.05, 3.63) is 94.0 Å². The number of fused-ring (bicyclic) bond motifs is 2. The summed E-state index contributed by atoms with van der Waals surface area (Å²) < 4.78 is 0. The van der Waals surface area contributed by atoms with Gasteiger partial charge in [0.1, 0.15) is 23.3 Å². The average molecular weight is 546 g/mol. The molecule has 0 fully saturated rings. The summed E-state index contributed by atoms with van der Waals surface area (Å²) in [6.07, 6.45) is 2.17. The Hall–Kier alpha value is -5.56. The van der Waals surface area contributed by atoms with E-state index in [9.17, 15) is 20.0 Å². The monoisotopic (exact) mass is 545 g/mol. The van der Waals surface area contributed by atoms with E-state index in [4.69, 9.17) is 5.73 Å². The molecule has 5 N–H and O–H groups in total. The third kappa shape index (κ3) is 5.08. The molecule has 204 valence electrons. The molecule has 0 bridgehead atoms. The van der Waals surface area contributed by atoms with Gasteiger partial charge in [-0.15, -0.1) is 10.2 Å². The van der Waals surface area contributed by atoms with Crippen molar-refractivity contribution in [1.29, 1.82) is 5.26 Å². The normalized spacial score (nSPS) is 12.1. The molecule has 0 amide bonds. The van der Waals surface area contributed by atoms with Crippen LogP contribution in [0, 0.1) is 18.3 Å². The highest BCUT2D eigenvalue weighted by Gasteiger charge is 2.33. The molecule has 0 saturated carbocycles. The Kier molecular flexibility index (Phi) is 7.43. The highest BCUT2D eigenvalue weighted by Crippen LogP contribution is 2.39. The summed E-state index contributed by atoms with van der Waals surface area (Å²) in [7, 11) is 0. The maximum atomic E-state index is 13.4. The predicted molar refractivity (Wildman–Crippen MR) is 157 cm³/mol. The Morgan fingerprint density at radius 3 is 2.34 bits per heavy atom. The maximum Gasteiger partial charge on any atom is 0.200 e. The largest absolute Gasteiger partial charge is 0.507 e. The van der Waals surface area contributed by atoms with E-state index in [1.807, 2.05) is 24.3 Å². The van der Waals surface area contributed by atoms with E-state index in [0.29, 0.717) is 11.3 Å². The molecule has 1 aromatic heterocycles. The van der Waals surface area contributed by atoms with Crippen LogP contribution in [0.5, 0.6) is 5.75 Å². The van der Waals surface area contributed by atoms with E-state index in [0.717, 1.165) is 25.1 Å². The lowest BCUT2D eigenvalue weighted by Gasteiger charge is -2.19. The minimum atomic E-state index is -0.530. The number of nitrogens with two attached hydrogens (primary N) is 1. The molecule has 0 atom stereocenters. The summed E-state index contributed by atoms with van der Waals surface area (Å²) in [5.74, 6) is -0.903. The van der Waals surface area contributed by atoms with Crippen molar-refractivity contribution in [3.8, 4) is 11.8 Å². The zero-order chi connectivity index (χ0) is 29.1. The van der Waals surface area contributed by atoms with E-state index >= 15 is 0 Å². The topological polar surface area (TPSA) is 166 Å². The molecule has 0 saturated heterocycles. The van der Waals surface area contributed by atoms with Gasteiger partial charge in [0, 0.05) is 34.6 Å². The van der Waals surface area contributed by atoms with Crippen LogP contribution in [-0.2, 0) is 0 Å². The van der Waals surface area contributed by atoms with Gasteiger partial charge in [-0.3, -0.25) is 9.59 Å². The molecule has 0 spiro atoms. The van der Waals surface area contributed by atoms with Gasteiger partial charge in [0.2, 0.25) is 0 Å². The van der Waals surface area contributed by atoms with Gasteiger partial charge in [0.05, 0.1) is 22.4 Å². The van der Waals surface area contributed by atoms with Gasteiger partial charge >= 0.3 is 0 Å². The molecule has 0 unspecified atom stereocenters. The maximum absolute atomic E-state index is 13.4. The molecule has 0 aliphatic heterocycles. The highest BCUT2D eigenvalue weighted by atomic mass is 16.3. The van der Waals surface area contributed by atoms with Crippen LogP contribution in [-0.4, -0.2) is 28.2 Å². The van der Waals surface area contributed by atoms with E-state index in [2.05, 4.69) is 38.8 Å². The second-order valence-electron chi connectivity index (χ2n) is 9.55. The van der Waals surface area contributed by atoms with Crippen molar-refractivity contribution >= 4 is 46.0 Å². The molecular weight excluding hydrogens is 518 g/mol. The number of benzene rings is 3. The number of rotatable bonds is 8. The fourth-order valence-corrected chi connectivity index (χ4v) is 4.68. The number of aromatic nitrogens is 1. The number of carbonyl (C=O) groups excluding carboxylic acids is 2. The molecule has 41 heavy (non-hydrogen) atoms. The molecule has 3 aromatic carbocycles. The Labute approximate surface area is 236 Å². The third-order valence-corrected chi connectivity index (χ3v) is 6.85. The number of unbranched alkanes of at least 4 members (excludes halogenated alkanes) is 1. The van der Waals surface area contributed by atoms with Gasteiger partial charge in [-0.2, -0.15) is 5.26 Å². The van der Waals surface area contributed by atoms with Gasteiger partial charge in [-0.05, 0) is 49.7 Å². The van der Waals surface area contributed by atoms with Gasteiger partial charge < -0.3 is 21.5 Å². The number of hydrogen-bond acceptors (Lipinski definition) is 10. The zero-order valence-electron chi connectivity index (χ0n) is 22.5. The van der Waals surface area contributed by atoms with Crippen molar-refractivity contribution in [1.82, 2.24) is 4.98 Å². The van der Waals surface area contributed by atoms with E-state index in [1.54, 1.807) is 25.1 Å². The minimum Gasteiger partial charge on any atom is -0.507 e. The van der Waals surface area contributed by atoms with Crippen LogP contribution in [0.3, 0.4) is 0 Å². The number of azo groups is 1. The summed E-state index contributed by atoms with van der Waals surface area (Å²) in [6, 6.07) is 18.8. The number of carbonyl (C=O) groups is 2. The number of nitrogen functional groups attached to an aromatic ring is 1. The number of phenols is 1. The van der Waals surface area contributed by atoms with Crippen molar-refractivity contribution in [2.24, 2.45) is 10.2 Å². The molecule has 10 heteroatoms. The first-order valence-corrected chi connectivity index (χ1v) is 13.1. The van der Waals surface area contributed by atoms with Crippen molar-refractivity contribution < 1.29 is 14.7 Å². The summed E-state index contributed by atoms with van der Waals surface area (Å²) in [5, 5.41) is 35.3. The molecule has 5 rings (SSSR count). The number of hydrogen-bond donors (Lipinski definition) is 4. The summed E-state index contributed by atoms with van der Waals surface area (Å²) in [4.78, 5) is 31.0. The van der Waals surface area contributed by atoms with Crippen LogP contribution >= 0.6 is 0 Å². The van der Waals surface area contributed by atoms with Crippen LogP contribution in [0.15, 0.2) is 70.9 Å². The van der Waals surface area contributed by atoms with E-state index < -0.39 is 11.6 Å². The highest BCUT2D eigenvalue weighted by molar-refractivity contribution is 6.30. The first kappa shape index (κ1) is 27.0. The fourth-order valence-electron chi connectivity index (χ4n) is 4.68. The fraction of sp³-hybridized carbons (Fsp3) is 0.161. The van der Waals surface area contributed by atoms with E-state index in [1.165, 1.54) is 18.2 Å². The number of aromatic hydroxyl groups is 1. The number of nitrogens with zero attached hydrogens (tertiary/aromatic N) is 4. The number of pyridine rings is 1. The number of nitriles is 1. The summed E-state index contributed by atoms with van der Waals surface area (Å²) in [5.41, 5.74) is 9.02. The quantitative estimate of drug-likeness (QED) is 0.123. The van der Waals surface area contributed by atoms with Crippen LogP contribution in [0.2, 0.25) is 0 Å². The number of phenolic OH excluding ortho intramolecular Hbond substituents is 1. The second kappa shape index (κ2) is 11.3. The second-order valence-corrected chi connectivity index (χ2v) is 9.55. The van der Waals surface area contributed by atoms with Gasteiger partial charge in [0.25, 0.3) is 0 Å². The van der Waals surface area contributed by atoms with Crippen LogP contribution < -0.4 is 16.4 Å². The molecule has 1 heterocycles. The summed E-state index contributed by atoms with van der Waals surface area (Å²) in [6.45, 7) is 4.69. The molecule has 4 aromatic rings. The first-order chi connectivity index (χ1) is 19.8. The van der Waals surface area contributed by atoms with E-state index in [-0.39, 0.29) is 56.6 Å². The molecule has 1 aliphatic rings. The van der Waals surface area contributed by atoms with Crippen molar-refractivity contribution in [3.63, 3.8) is 0 Å². The average Bonchev–Trinajstić information content (AvgIpc) is 2.96. The van der Waals surface area contributed by atoms with Gasteiger partial charge in [0.15, 0.2) is 17.4 Å². The zero-order valence-corrected chi connectivity index (χ0v) is 22.5. The Morgan fingerprint density at radius 1 is 0.951 bits per heavy atom. The third-order valence-electron chi connectivity index (χ3n) is 6.85. The lowest BCUT2D eigenvalue weighted by molar-refractivity contribution is 0.0977. The molecule has 10 nitrogen and oxygen atoms in total. The molecular formula is C31H27N7O3. The molecule has 1 aliphatic carbocycles. The van der Waals surface area contributed by atoms with Crippen molar-refractivity contribution in [2.75, 3.05) is 22.9 Å². The van der Waals surface area contributed by atoms with Gasteiger partial charge in [-0.25, -0.2) is 4.98 Å². The number of nitrogens with one attached hydrogen (secondary N) is 2. The Bertz CT molecular complexity index is 1760.